The van der Waals surface area contributed by atoms with Gasteiger partial charge in [-0.25, -0.2) is 4.98 Å². The van der Waals surface area contributed by atoms with Gasteiger partial charge < -0.3 is 10.1 Å². The highest BCUT2D eigenvalue weighted by molar-refractivity contribution is 7.99. The first-order valence-electron chi connectivity index (χ1n) is 4.08. The van der Waals surface area contributed by atoms with Crippen molar-refractivity contribution in [2.45, 2.75) is 24.6 Å². The van der Waals surface area contributed by atoms with Crippen LogP contribution in [-0.2, 0) is 0 Å². The Morgan fingerprint density at radius 2 is 2.54 bits per heavy atom. The van der Waals surface area contributed by atoms with Crippen molar-refractivity contribution in [2.24, 2.45) is 0 Å². The number of H-pyrrole nitrogens is 1. The molecule has 1 heterocycles. The lowest BCUT2D eigenvalue weighted by Crippen LogP contribution is -2.10. The first-order valence-corrected chi connectivity index (χ1v) is 5.07. The lowest BCUT2D eigenvalue weighted by molar-refractivity contribution is 0.195. The molecule has 4 nitrogen and oxygen atoms in total. The van der Waals surface area contributed by atoms with Gasteiger partial charge in [0.05, 0.1) is 6.10 Å². The van der Waals surface area contributed by atoms with Crippen LogP contribution in [0.2, 0.25) is 0 Å². The maximum atomic E-state index is 10.8. The molecule has 1 aromatic rings. The van der Waals surface area contributed by atoms with E-state index in [9.17, 15) is 9.90 Å². The molecule has 13 heavy (non-hydrogen) atoms. The zero-order valence-electron chi connectivity index (χ0n) is 7.36. The normalized spacial score (nSPS) is 12.8. The average molecular weight is 200 g/mol. The number of thioether (sulfide) groups is 1. The van der Waals surface area contributed by atoms with E-state index in [0.717, 1.165) is 0 Å². The molecule has 1 unspecified atom stereocenters. The molecule has 5 heteroatoms. The van der Waals surface area contributed by atoms with Crippen LogP contribution in [0.25, 0.3) is 0 Å². The van der Waals surface area contributed by atoms with Crippen LogP contribution < -0.4 is 5.56 Å². The zero-order valence-corrected chi connectivity index (χ0v) is 8.17. The average Bonchev–Trinajstić information content (AvgIpc) is 2.14. The quantitative estimate of drug-likeness (QED) is 0.552. The third kappa shape index (κ3) is 3.61. The monoisotopic (exact) mass is 200 g/mol. The summed E-state index contributed by atoms with van der Waals surface area (Å²) in [6, 6.07) is 1.36. The van der Waals surface area contributed by atoms with Crippen molar-refractivity contribution in [1.29, 1.82) is 0 Å². The van der Waals surface area contributed by atoms with Crippen molar-refractivity contribution in [3.05, 3.63) is 22.6 Å². The van der Waals surface area contributed by atoms with E-state index in [2.05, 4.69) is 9.97 Å². The highest BCUT2D eigenvalue weighted by Gasteiger charge is 2.02. The third-order valence-corrected chi connectivity index (χ3v) is 2.56. The number of aromatic nitrogens is 2. The number of hydrogen-bond donors (Lipinski definition) is 2. The minimum absolute atomic E-state index is 0.163. The van der Waals surface area contributed by atoms with E-state index in [1.165, 1.54) is 24.0 Å². The molecule has 0 aliphatic rings. The first kappa shape index (κ1) is 10.3. The number of aliphatic hydroxyl groups excluding tert-OH is 1. The second-order valence-electron chi connectivity index (χ2n) is 2.61. The molecule has 2 N–H and O–H groups in total. The molecule has 0 saturated carbocycles. The molecular weight excluding hydrogens is 188 g/mol. The van der Waals surface area contributed by atoms with Crippen molar-refractivity contribution < 1.29 is 5.11 Å². The predicted octanol–water partition coefficient (Wildman–Crippen LogP) is 0.633. The molecule has 0 saturated heterocycles. The first-order chi connectivity index (χ1) is 6.22. The van der Waals surface area contributed by atoms with E-state index < -0.39 is 0 Å². The fraction of sp³-hybridized carbons (Fsp3) is 0.500. The minimum atomic E-state index is -0.337. The largest absolute Gasteiger partial charge is 0.392 e. The fourth-order valence-electron chi connectivity index (χ4n) is 0.718. The molecule has 72 valence electrons. The van der Waals surface area contributed by atoms with Gasteiger partial charge in [-0.05, 0) is 6.42 Å². The van der Waals surface area contributed by atoms with Crippen molar-refractivity contribution in [3.8, 4) is 0 Å². The van der Waals surface area contributed by atoms with Gasteiger partial charge in [0.15, 0.2) is 5.16 Å². The molecule has 0 fully saturated rings. The van der Waals surface area contributed by atoms with Crippen LogP contribution >= 0.6 is 11.8 Å². The van der Waals surface area contributed by atoms with Crippen LogP contribution in [0.3, 0.4) is 0 Å². The molecule has 1 rings (SSSR count). The van der Waals surface area contributed by atoms with Crippen molar-refractivity contribution in [3.63, 3.8) is 0 Å². The maximum absolute atomic E-state index is 10.8. The van der Waals surface area contributed by atoms with Crippen LogP contribution in [-0.4, -0.2) is 26.9 Å². The summed E-state index contributed by atoms with van der Waals surface area (Å²) in [5.74, 6) is 0.559. The van der Waals surface area contributed by atoms with E-state index in [1.807, 2.05) is 6.92 Å². The van der Waals surface area contributed by atoms with E-state index in [1.54, 1.807) is 0 Å². The number of rotatable bonds is 4. The number of hydrogen-bond acceptors (Lipinski definition) is 4. The number of aliphatic hydroxyl groups is 1. The summed E-state index contributed by atoms with van der Waals surface area (Å²) in [5.41, 5.74) is -0.163. The van der Waals surface area contributed by atoms with Crippen LogP contribution in [0.4, 0.5) is 0 Å². The van der Waals surface area contributed by atoms with Crippen LogP contribution in [0, 0.1) is 0 Å². The summed E-state index contributed by atoms with van der Waals surface area (Å²) in [4.78, 5) is 17.3. The highest BCUT2D eigenvalue weighted by atomic mass is 32.2. The molecule has 0 bridgehead atoms. The number of nitrogens with zero attached hydrogens (tertiary/aromatic N) is 1. The Morgan fingerprint density at radius 1 is 1.77 bits per heavy atom. The third-order valence-electron chi connectivity index (χ3n) is 1.53. The lowest BCUT2D eigenvalue weighted by atomic mass is 10.3. The summed E-state index contributed by atoms with van der Waals surface area (Å²) in [7, 11) is 0. The van der Waals surface area contributed by atoms with E-state index in [4.69, 9.17) is 0 Å². The lowest BCUT2D eigenvalue weighted by Gasteiger charge is -2.05. The van der Waals surface area contributed by atoms with Gasteiger partial charge in [-0.3, -0.25) is 4.79 Å². The van der Waals surface area contributed by atoms with Gasteiger partial charge >= 0.3 is 0 Å². The van der Waals surface area contributed by atoms with Gasteiger partial charge in [-0.1, -0.05) is 18.7 Å². The van der Waals surface area contributed by atoms with Crippen molar-refractivity contribution in [1.82, 2.24) is 9.97 Å². The Morgan fingerprint density at radius 3 is 3.15 bits per heavy atom. The Hall–Kier alpha value is -0.810. The number of nitrogens with one attached hydrogen (secondary N) is 1. The van der Waals surface area contributed by atoms with Crippen LogP contribution in [0.5, 0.6) is 0 Å². The van der Waals surface area contributed by atoms with E-state index >= 15 is 0 Å². The second kappa shape index (κ2) is 5.04. The van der Waals surface area contributed by atoms with Gasteiger partial charge in [-0.2, -0.15) is 0 Å². The van der Waals surface area contributed by atoms with Crippen LogP contribution in [0.1, 0.15) is 13.3 Å². The summed E-state index contributed by atoms with van der Waals surface area (Å²) in [6.45, 7) is 1.91. The molecule has 0 aliphatic heterocycles. The zero-order chi connectivity index (χ0) is 9.68. The summed E-state index contributed by atoms with van der Waals surface area (Å²) >= 11 is 1.35. The predicted molar refractivity (Wildman–Crippen MR) is 51.9 cm³/mol. The summed E-state index contributed by atoms with van der Waals surface area (Å²) < 4.78 is 0. The highest BCUT2D eigenvalue weighted by Crippen LogP contribution is 2.12. The van der Waals surface area contributed by atoms with Gasteiger partial charge in [0.1, 0.15) is 0 Å². The summed E-state index contributed by atoms with van der Waals surface area (Å²) in [6.07, 6.45) is 1.83. The SMILES string of the molecule is CCC(O)CSc1nccc(=O)[nH]1. The smallest absolute Gasteiger partial charge is 0.251 e. The Balaban J connectivity index is 2.50. The van der Waals surface area contributed by atoms with Crippen molar-refractivity contribution in [2.75, 3.05) is 5.75 Å². The minimum Gasteiger partial charge on any atom is -0.392 e. The van der Waals surface area contributed by atoms with Gasteiger partial charge in [-0.15, -0.1) is 0 Å². The molecule has 0 amide bonds. The Kier molecular flexibility index (Phi) is 3.98. The van der Waals surface area contributed by atoms with Crippen molar-refractivity contribution >= 4 is 11.8 Å². The van der Waals surface area contributed by atoms with Gasteiger partial charge in [0.25, 0.3) is 5.56 Å². The standard InChI is InChI=1S/C8H12N2O2S/c1-2-6(11)5-13-8-9-4-3-7(12)10-8/h3-4,6,11H,2,5H2,1H3,(H,9,10,12). The fourth-order valence-corrected chi connectivity index (χ4v) is 1.61. The number of aromatic amines is 1. The molecule has 1 atom stereocenters. The Bertz CT molecular complexity index is 313. The molecule has 0 aliphatic carbocycles. The second-order valence-corrected chi connectivity index (χ2v) is 3.62. The van der Waals surface area contributed by atoms with E-state index in [-0.39, 0.29) is 11.7 Å². The molecular formula is C8H12N2O2S. The maximum Gasteiger partial charge on any atom is 0.251 e. The van der Waals surface area contributed by atoms with Gasteiger partial charge in [0, 0.05) is 18.0 Å². The molecule has 1 aromatic heterocycles. The van der Waals surface area contributed by atoms with Gasteiger partial charge in [0.2, 0.25) is 0 Å². The Labute approximate surface area is 80.4 Å². The van der Waals surface area contributed by atoms with E-state index in [0.29, 0.717) is 17.3 Å². The molecule has 0 spiro atoms. The summed E-state index contributed by atoms with van der Waals surface area (Å²) in [5, 5.41) is 9.80. The molecule has 0 radical (unpaired) electrons. The van der Waals surface area contributed by atoms with Crippen LogP contribution in [0.15, 0.2) is 22.2 Å². The molecule has 0 aromatic carbocycles. The topological polar surface area (TPSA) is 66.0 Å².